The maximum absolute atomic E-state index is 14.1. The lowest BCUT2D eigenvalue weighted by Gasteiger charge is -2.33. The van der Waals surface area contributed by atoms with E-state index < -0.39 is 6.04 Å². The molecule has 0 saturated heterocycles. The third-order valence-corrected chi connectivity index (χ3v) is 4.83. The van der Waals surface area contributed by atoms with Gasteiger partial charge in [0.25, 0.3) is 5.91 Å². The van der Waals surface area contributed by atoms with Gasteiger partial charge in [-0.15, -0.1) is 0 Å². The summed E-state index contributed by atoms with van der Waals surface area (Å²) in [4.78, 5) is 23.1. The van der Waals surface area contributed by atoms with Crippen LogP contribution in [-0.4, -0.2) is 41.7 Å². The van der Waals surface area contributed by atoms with E-state index in [-0.39, 0.29) is 11.7 Å². The minimum atomic E-state index is -0.608. The summed E-state index contributed by atoms with van der Waals surface area (Å²) < 4.78 is 21.0. The minimum absolute atomic E-state index is 0.128. The van der Waals surface area contributed by atoms with Crippen molar-refractivity contribution in [3.05, 3.63) is 71.7 Å². The van der Waals surface area contributed by atoms with Crippen LogP contribution in [0.25, 0.3) is 5.52 Å². The van der Waals surface area contributed by atoms with Crippen molar-refractivity contribution < 1.29 is 13.7 Å². The molecule has 0 spiro atoms. The third kappa shape index (κ3) is 2.42. The van der Waals surface area contributed by atoms with Crippen molar-refractivity contribution in [2.45, 2.75) is 19.4 Å². The molecule has 1 aliphatic rings. The fourth-order valence-corrected chi connectivity index (χ4v) is 3.57. The summed E-state index contributed by atoms with van der Waals surface area (Å²) in [5.74, 6) is -0.201. The molecular formula is C18H15FN6O2. The summed E-state index contributed by atoms with van der Waals surface area (Å²) >= 11 is 0. The highest BCUT2D eigenvalue weighted by Gasteiger charge is 2.38. The Hall–Kier alpha value is -3.49. The Balaban J connectivity index is 1.66. The number of nitrogens with zero attached hydrogens (tertiary/aromatic N) is 6. The van der Waals surface area contributed by atoms with Gasteiger partial charge in [0.15, 0.2) is 6.39 Å². The SMILES string of the molecule is Cc1ccn2nc([C@@H]3c4ncn(F)c4CCN3C(=O)c3cnco3)cc2c1. The summed E-state index contributed by atoms with van der Waals surface area (Å²) in [6.07, 6.45) is 5.92. The first-order valence-electron chi connectivity index (χ1n) is 8.49. The summed E-state index contributed by atoms with van der Waals surface area (Å²) in [5.41, 5.74) is 3.55. The number of hydrogen-bond donors (Lipinski definition) is 0. The largest absolute Gasteiger partial charge is 0.438 e. The number of hydrogen-bond acceptors (Lipinski definition) is 5. The predicted molar refractivity (Wildman–Crippen MR) is 91.7 cm³/mol. The van der Waals surface area contributed by atoms with E-state index in [1.54, 1.807) is 9.42 Å². The highest BCUT2D eigenvalue weighted by molar-refractivity contribution is 5.91. The zero-order valence-electron chi connectivity index (χ0n) is 14.4. The van der Waals surface area contributed by atoms with E-state index in [0.29, 0.717) is 34.8 Å². The average Bonchev–Trinajstić information content (AvgIpc) is 3.40. The zero-order valence-corrected chi connectivity index (χ0v) is 14.4. The molecule has 136 valence electrons. The van der Waals surface area contributed by atoms with Crippen molar-refractivity contribution in [3.8, 4) is 0 Å². The summed E-state index contributed by atoms with van der Waals surface area (Å²) in [6, 6.07) is 5.23. The van der Waals surface area contributed by atoms with Gasteiger partial charge in [0.05, 0.1) is 28.8 Å². The number of imidazole rings is 1. The first-order valence-corrected chi connectivity index (χ1v) is 8.49. The number of pyridine rings is 1. The quantitative estimate of drug-likeness (QED) is 0.544. The maximum Gasteiger partial charge on any atom is 0.292 e. The monoisotopic (exact) mass is 366 g/mol. The third-order valence-electron chi connectivity index (χ3n) is 4.83. The van der Waals surface area contributed by atoms with Gasteiger partial charge in [0.2, 0.25) is 5.76 Å². The van der Waals surface area contributed by atoms with Gasteiger partial charge in [0.1, 0.15) is 12.4 Å². The highest BCUT2D eigenvalue weighted by Crippen LogP contribution is 2.35. The van der Waals surface area contributed by atoms with Crippen molar-refractivity contribution in [2.75, 3.05) is 6.54 Å². The van der Waals surface area contributed by atoms with E-state index in [0.717, 1.165) is 17.4 Å². The van der Waals surface area contributed by atoms with Gasteiger partial charge in [-0.3, -0.25) is 4.79 Å². The number of rotatable bonds is 2. The molecule has 0 N–H and O–H groups in total. The normalized spacial score (nSPS) is 16.7. The van der Waals surface area contributed by atoms with Gasteiger partial charge >= 0.3 is 0 Å². The molecule has 27 heavy (non-hydrogen) atoms. The van der Waals surface area contributed by atoms with E-state index in [1.165, 1.54) is 12.6 Å². The standard InChI is InChI=1S/C18H15FN6O2/c1-11-2-5-25-12(6-11)7-13(22-25)17-16-14(24(19)9-21-16)3-4-23(17)18(26)15-8-20-10-27-15/h2,5-10,17H,3-4H2,1H3/t17-/m1/s1. The fraction of sp³-hybridized carbons (Fsp3) is 0.222. The van der Waals surface area contributed by atoms with Crippen LogP contribution in [0.3, 0.4) is 0 Å². The van der Waals surface area contributed by atoms with Crippen LogP contribution in [0.2, 0.25) is 0 Å². The summed E-state index contributed by atoms with van der Waals surface area (Å²) in [7, 11) is 0. The van der Waals surface area contributed by atoms with E-state index in [2.05, 4.69) is 15.1 Å². The van der Waals surface area contributed by atoms with Crippen LogP contribution in [-0.2, 0) is 6.42 Å². The number of aromatic nitrogens is 5. The Labute approximate surface area is 152 Å². The molecule has 0 saturated carbocycles. The van der Waals surface area contributed by atoms with E-state index in [1.807, 2.05) is 31.3 Å². The van der Waals surface area contributed by atoms with Crippen LogP contribution in [0.5, 0.6) is 0 Å². The minimum Gasteiger partial charge on any atom is -0.438 e. The molecule has 5 rings (SSSR count). The second kappa shape index (κ2) is 5.76. The molecule has 5 heterocycles. The van der Waals surface area contributed by atoms with Crippen molar-refractivity contribution in [3.63, 3.8) is 0 Å². The number of carbonyl (C=O) groups excluding carboxylic acids is 1. The van der Waals surface area contributed by atoms with Crippen molar-refractivity contribution in [2.24, 2.45) is 0 Å². The van der Waals surface area contributed by atoms with Crippen molar-refractivity contribution >= 4 is 11.4 Å². The summed E-state index contributed by atoms with van der Waals surface area (Å²) in [5, 5.41) is 4.60. The number of fused-ring (bicyclic) bond motifs is 2. The first kappa shape index (κ1) is 15.7. The van der Waals surface area contributed by atoms with Crippen molar-refractivity contribution in [1.82, 2.24) is 29.3 Å². The van der Waals surface area contributed by atoms with E-state index in [4.69, 9.17) is 4.42 Å². The van der Waals surface area contributed by atoms with Gasteiger partial charge in [-0.05, 0) is 30.7 Å². The lowest BCUT2D eigenvalue weighted by Crippen LogP contribution is -2.41. The van der Waals surface area contributed by atoms with Crippen molar-refractivity contribution in [1.29, 1.82) is 0 Å². The molecule has 4 aromatic heterocycles. The second-order valence-electron chi connectivity index (χ2n) is 6.55. The van der Waals surface area contributed by atoms with Crippen LogP contribution < -0.4 is 0 Å². The molecule has 0 bridgehead atoms. The van der Waals surface area contributed by atoms with Crippen LogP contribution in [0.15, 0.2) is 47.7 Å². The molecule has 1 atom stereocenters. The average molecular weight is 366 g/mol. The van der Waals surface area contributed by atoms with Gasteiger partial charge in [0, 0.05) is 19.2 Å². The number of carbonyl (C=O) groups is 1. The molecule has 0 radical (unpaired) electrons. The van der Waals surface area contributed by atoms with E-state index >= 15 is 0 Å². The van der Waals surface area contributed by atoms with Gasteiger partial charge in [-0.1, -0.05) is 4.48 Å². The molecule has 1 amide bonds. The lowest BCUT2D eigenvalue weighted by atomic mass is 9.99. The molecule has 9 heteroatoms. The lowest BCUT2D eigenvalue weighted by molar-refractivity contribution is 0.0650. The fourth-order valence-electron chi connectivity index (χ4n) is 3.57. The first-order chi connectivity index (χ1) is 13.1. The van der Waals surface area contributed by atoms with Crippen LogP contribution in [0, 0.1) is 6.92 Å². The Bertz CT molecular complexity index is 1150. The van der Waals surface area contributed by atoms with Gasteiger partial charge in [-0.25, -0.2) is 14.5 Å². The predicted octanol–water partition coefficient (Wildman–Crippen LogP) is 2.35. The topological polar surface area (TPSA) is 81.5 Å². The number of oxazole rings is 1. The molecule has 8 nitrogen and oxygen atoms in total. The summed E-state index contributed by atoms with van der Waals surface area (Å²) in [6.45, 7) is 2.32. The van der Waals surface area contributed by atoms with Gasteiger partial charge in [-0.2, -0.15) is 9.89 Å². The van der Waals surface area contributed by atoms with Gasteiger partial charge < -0.3 is 9.32 Å². The Morgan fingerprint density at radius 3 is 3.07 bits per heavy atom. The second-order valence-corrected chi connectivity index (χ2v) is 6.55. The number of amides is 1. The molecule has 1 aliphatic heterocycles. The number of halogens is 1. The Morgan fingerprint density at radius 2 is 2.26 bits per heavy atom. The highest BCUT2D eigenvalue weighted by atomic mass is 19.2. The molecular weight excluding hydrogens is 351 g/mol. The Kier molecular flexibility index (Phi) is 3.36. The molecule has 0 aliphatic carbocycles. The molecule has 0 aromatic carbocycles. The smallest absolute Gasteiger partial charge is 0.292 e. The molecule has 0 fully saturated rings. The molecule has 4 aromatic rings. The Morgan fingerprint density at radius 1 is 1.37 bits per heavy atom. The number of aryl methyl sites for hydroxylation is 1. The van der Waals surface area contributed by atoms with Crippen LogP contribution in [0.1, 0.15) is 39.2 Å². The van der Waals surface area contributed by atoms with Crippen LogP contribution in [0.4, 0.5) is 4.48 Å². The maximum atomic E-state index is 14.1. The molecule has 0 unspecified atom stereocenters. The van der Waals surface area contributed by atoms with E-state index in [9.17, 15) is 9.28 Å². The van der Waals surface area contributed by atoms with Crippen LogP contribution >= 0.6 is 0 Å². The zero-order chi connectivity index (χ0) is 18.5.